The van der Waals surface area contributed by atoms with E-state index in [4.69, 9.17) is 5.73 Å². The van der Waals surface area contributed by atoms with E-state index in [0.29, 0.717) is 30.8 Å². The van der Waals surface area contributed by atoms with E-state index in [1.807, 2.05) is 60.7 Å². The van der Waals surface area contributed by atoms with Crippen molar-refractivity contribution in [3.05, 3.63) is 83.4 Å². The molecule has 2 aromatic carbocycles. The van der Waals surface area contributed by atoms with Crippen molar-refractivity contribution in [2.24, 2.45) is 5.73 Å². The summed E-state index contributed by atoms with van der Waals surface area (Å²) < 4.78 is 1.70. The highest BCUT2D eigenvalue weighted by Gasteiger charge is 2.54. The lowest BCUT2D eigenvalue weighted by molar-refractivity contribution is -0.120. The van der Waals surface area contributed by atoms with Crippen LogP contribution in [0.15, 0.2) is 60.7 Å². The first-order valence-corrected chi connectivity index (χ1v) is 8.62. The van der Waals surface area contributed by atoms with Gasteiger partial charge < -0.3 is 10.8 Å². The van der Waals surface area contributed by atoms with Gasteiger partial charge in [-0.3, -0.25) is 4.79 Å². The summed E-state index contributed by atoms with van der Waals surface area (Å²) in [5, 5.41) is 15.2. The van der Waals surface area contributed by atoms with Crippen LogP contribution < -0.4 is 5.73 Å². The predicted octanol–water partition coefficient (Wildman–Crippen LogP) is 1.92. The number of hydrogen-bond donors (Lipinski definition) is 2. The Labute approximate surface area is 151 Å². The first-order chi connectivity index (χ1) is 12.6. The quantitative estimate of drug-likeness (QED) is 0.712. The average molecular weight is 348 g/mol. The van der Waals surface area contributed by atoms with Crippen LogP contribution in [0.3, 0.4) is 0 Å². The molecule has 1 atom stereocenters. The molecule has 1 saturated carbocycles. The van der Waals surface area contributed by atoms with Gasteiger partial charge in [-0.1, -0.05) is 60.7 Å². The largest absolute Gasteiger partial charge is 0.380 e. The van der Waals surface area contributed by atoms with Crippen molar-refractivity contribution in [1.82, 2.24) is 14.8 Å². The Morgan fingerprint density at radius 3 is 2.31 bits per heavy atom. The van der Waals surface area contributed by atoms with Crippen molar-refractivity contribution >= 4 is 5.91 Å². The summed E-state index contributed by atoms with van der Waals surface area (Å²) in [6.07, 6.45) is 0.378. The first-order valence-electron chi connectivity index (χ1n) is 8.62. The third-order valence-electron chi connectivity index (χ3n) is 4.87. The molecule has 0 aliphatic heterocycles. The lowest BCUT2D eigenvalue weighted by Gasteiger charge is -2.12. The molecule has 1 heterocycles. The van der Waals surface area contributed by atoms with E-state index >= 15 is 0 Å². The van der Waals surface area contributed by atoms with Crippen molar-refractivity contribution < 1.29 is 9.90 Å². The Morgan fingerprint density at radius 1 is 1.12 bits per heavy atom. The Balaban J connectivity index is 1.74. The SMILES string of the molecule is NC(=O)C1(c2nc([C@H](O)c3ccccc3)nn2Cc2ccccc2)CC1. The predicted molar refractivity (Wildman–Crippen MR) is 96.2 cm³/mol. The molecule has 0 spiro atoms. The van der Waals surface area contributed by atoms with E-state index in [1.54, 1.807) is 4.68 Å². The fraction of sp³-hybridized carbons (Fsp3) is 0.250. The molecular formula is C20H20N4O2. The fourth-order valence-electron chi connectivity index (χ4n) is 3.19. The number of aliphatic hydroxyl groups is 1. The Kier molecular flexibility index (Phi) is 4.05. The van der Waals surface area contributed by atoms with Crippen LogP contribution in [-0.2, 0) is 16.8 Å². The van der Waals surface area contributed by atoms with Crippen LogP contribution >= 0.6 is 0 Å². The number of amides is 1. The van der Waals surface area contributed by atoms with Gasteiger partial charge in [-0.25, -0.2) is 9.67 Å². The molecule has 0 bridgehead atoms. The second kappa shape index (κ2) is 6.38. The van der Waals surface area contributed by atoms with Crippen LogP contribution in [-0.4, -0.2) is 25.8 Å². The summed E-state index contributed by atoms with van der Waals surface area (Å²) in [6, 6.07) is 19.1. The van der Waals surface area contributed by atoms with Crippen LogP contribution in [0.1, 0.15) is 41.7 Å². The van der Waals surface area contributed by atoms with Crippen LogP contribution in [0, 0.1) is 0 Å². The topological polar surface area (TPSA) is 94.0 Å². The minimum absolute atomic E-state index is 0.287. The van der Waals surface area contributed by atoms with Crippen molar-refractivity contribution in [2.45, 2.75) is 30.9 Å². The zero-order valence-electron chi connectivity index (χ0n) is 14.2. The van der Waals surface area contributed by atoms with E-state index < -0.39 is 11.5 Å². The number of hydrogen-bond acceptors (Lipinski definition) is 4. The molecular weight excluding hydrogens is 328 g/mol. The maximum atomic E-state index is 12.0. The minimum Gasteiger partial charge on any atom is -0.380 e. The number of aromatic nitrogens is 3. The second-order valence-corrected chi connectivity index (χ2v) is 6.70. The number of carbonyl (C=O) groups excluding carboxylic acids is 1. The molecule has 6 heteroatoms. The van der Waals surface area contributed by atoms with Gasteiger partial charge in [-0.05, 0) is 24.0 Å². The van der Waals surface area contributed by atoms with E-state index in [-0.39, 0.29) is 11.7 Å². The highest BCUT2D eigenvalue weighted by molar-refractivity contribution is 5.88. The summed E-state index contributed by atoms with van der Waals surface area (Å²) in [5.74, 6) is 0.438. The molecule has 0 saturated heterocycles. The van der Waals surface area contributed by atoms with Crippen LogP contribution in [0.25, 0.3) is 0 Å². The summed E-state index contributed by atoms with van der Waals surface area (Å²) in [4.78, 5) is 16.6. The normalized spacial score (nSPS) is 16.2. The van der Waals surface area contributed by atoms with Crippen LogP contribution in [0.2, 0.25) is 0 Å². The summed E-state index contributed by atoms with van der Waals surface area (Å²) in [7, 11) is 0. The molecule has 6 nitrogen and oxygen atoms in total. The molecule has 4 rings (SSSR count). The Hall–Kier alpha value is -2.99. The van der Waals surface area contributed by atoms with Crippen molar-refractivity contribution in [2.75, 3.05) is 0 Å². The van der Waals surface area contributed by atoms with Gasteiger partial charge in [0.15, 0.2) is 5.82 Å². The first kappa shape index (κ1) is 16.5. The number of aliphatic hydroxyl groups excluding tert-OH is 1. The molecule has 1 aromatic heterocycles. The number of carbonyl (C=O) groups is 1. The summed E-state index contributed by atoms with van der Waals surface area (Å²) in [6.45, 7) is 0.472. The lowest BCUT2D eigenvalue weighted by atomic mass is 10.1. The summed E-state index contributed by atoms with van der Waals surface area (Å²) in [5.41, 5.74) is 6.62. The molecule has 1 amide bonds. The minimum atomic E-state index is -0.948. The molecule has 132 valence electrons. The van der Waals surface area contributed by atoms with E-state index in [0.717, 1.165) is 5.56 Å². The van der Waals surface area contributed by atoms with Gasteiger partial charge in [0.05, 0.1) is 6.54 Å². The number of benzene rings is 2. The maximum absolute atomic E-state index is 12.0. The summed E-state index contributed by atoms with van der Waals surface area (Å²) >= 11 is 0. The van der Waals surface area contributed by atoms with E-state index in [9.17, 15) is 9.90 Å². The second-order valence-electron chi connectivity index (χ2n) is 6.70. The molecule has 1 fully saturated rings. The maximum Gasteiger partial charge on any atom is 0.231 e. The number of rotatable bonds is 6. The van der Waals surface area contributed by atoms with Crippen molar-refractivity contribution in [3.8, 4) is 0 Å². The third kappa shape index (κ3) is 2.88. The number of nitrogens with zero attached hydrogens (tertiary/aromatic N) is 3. The van der Waals surface area contributed by atoms with E-state index in [1.165, 1.54) is 0 Å². The highest BCUT2D eigenvalue weighted by atomic mass is 16.3. The molecule has 26 heavy (non-hydrogen) atoms. The molecule has 0 unspecified atom stereocenters. The number of primary amides is 1. The standard InChI is InChI=1S/C20H20N4O2/c21-18(26)20(11-12-20)19-22-17(16(25)15-9-5-2-6-10-15)23-24(19)13-14-7-3-1-4-8-14/h1-10,16,25H,11-13H2,(H2,21,26)/t16-/m1/s1. The van der Waals surface area contributed by atoms with Gasteiger partial charge in [0.2, 0.25) is 5.91 Å². The molecule has 3 aromatic rings. The Bertz CT molecular complexity index is 917. The van der Waals surface area contributed by atoms with E-state index in [2.05, 4.69) is 10.1 Å². The van der Waals surface area contributed by atoms with Gasteiger partial charge in [0, 0.05) is 0 Å². The molecule has 1 aliphatic rings. The van der Waals surface area contributed by atoms with Gasteiger partial charge >= 0.3 is 0 Å². The van der Waals surface area contributed by atoms with Crippen molar-refractivity contribution in [1.29, 1.82) is 0 Å². The van der Waals surface area contributed by atoms with Crippen LogP contribution in [0.5, 0.6) is 0 Å². The van der Waals surface area contributed by atoms with Gasteiger partial charge in [-0.15, -0.1) is 0 Å². The highest BCUT2D eigenvalue weighted by Crippen LogP contribution is 2.47. The zero-order chi connectivity index (χ0) is 18.1. The van der Waals surface area contributed by atoms with Gasteiger partial charge in [0.1, 0.15) is 17.3 Å². The third-order valence-corrected chi connectivity index (χ3v) is 4.87. The van der Waals surface area contributed by atoms with Crippen molar-refractivity contribution in [3.63, 3.8) is 0 Å². The fourth-order valence-corrected chi connectivity index (χ4v) is 3.19. The molecule has 3 N–H and O–H groups in total. The average Bonchev–Trinajstić information content (AvgIpc) is 3.38. The van der Waals surface area contributed by atoms with Gasteiger partial charge in [0.25, 0.3) is 0 Å². The molecule has 0 radical (unpaired) electrons. The number of nitrogens with two attached hydrogens (primary N) is 1. The smallest absolute Gasteiger partial charge is 0.231 e. The molecule has 1 aliphatic carbocycles. The lowest BCUT2D eigenvalue weighted by Crippen LogP contribution is -2.31. The van der Waals surface area contributed by atoms with Gasteiger partial charge in [-0.2, -0.15) is 5.10 Å². The zero-order valence-corrected chi connectivity index (χ0v) is 14.2. The monoisotopic (exact) mass is 348 g/mol. The Morgan fingerprint density at radius 2 is 1.73 bits per heavy atom. The van der Waals surface area contributed by atoms with Crippen LogP contribution in [0.4, 0.5) is 0 Å².